The van der Waals surface area contributed by atoms with Crippen LogP contribution in [0, 0.1) is 0 Å². The molecule has 3 N–H and O–H groups in total. The number of nitrogens with one attached hydrogen (secondary N) is 1. The Bertz CT molecular complexity index is 536. The van der Waals surface area contributed by atoms with Gasteiger partial charge < -0.3 is 11.1 Å². The lowest BCUT2D eigenvalue weighted by Gasteiger charge is -2.21. The zero-order chi connectivity index (χ0) is 15.1. The molecule has 0 aromatic carbocycles. The SMILES string of the molecule is CCC(=O)c1sc(NC2(C(F)(F)F)CC2)c(SC)c1N. The van der Waals surface area contributed by atoms with Crippen molar-refractivity contribution in [3.05, 3.63) is 4.88 Å². The van der Waals surface area contributed by atoms with Crippen molar-refractivity contribution in [2.45, 2.75) is 42.8 Å². The summed E-state index contributed by atoms with van der Waals surface area (Å²) in [6.45, 7) is 1.70. The molecule has 20 heavy (non-hydrogen) atoms. The topological polar surface area (TPSA) is 55.1 Å². The molecule has 1 aromatic heterocycles. The van der Waals surface area contributed by atoms with Gasteiger partial charge in [0.1, 0.15) is 10.5 Å². The molecule has 1 heterocycles. The Labute approximate surface area is 123 Å². The summed E-state index contributed by atoms with van der Waals surface area (Å²) in [4.78, 5) is 12.6. The maximum absolute atomic E-state index is 13.0. The molecule has 0 atom stereocenters. The molecule has 1 aliphatic carbocycles. The van der Waals surface area contributed by atoms with E-state index in [1.807, 2.05) is 0 Å². The zero-order valence-corrected chi connectivity index (χ0v) is 12.7. The second kappa shape index (κ2) is 5.14. The lowest BCUT2D eigenvalue weighted by Crippen LogP contribution is -2.38. The van der Waals surface area contributed by atoms with Crippen molar-refractivity contribution < 1.29 is 18.0 Å². The summed E-state index contributed by atoms with van der Waals surface area (Å²) in [5.74, 6) is -0.146. The molecular formula is C12H15F3N2OS2. The van der Waals surface area contributed by atoms with E-state index in [2.05, 4.69) is 5.32 Å². The molecule has 3 nitrogen and oxygen atoms in total. The number of thiophene rings is 1. The minimum Gasteiger partial charge on any atom is -0.396 e. The molecule has 0 spiro atoms. The summed E-state index contributed by atoms with van der Waals surface area (Å²) >= 11 is 2.27. The third-order valence-electron chi connectivity index (χ3n) is 3.32. The summed E-state index contributed by atoms with van der Waals surface area (Å²) in [7, 11) is 0. The fourth-order valence-electron chi connectivity index (χ4n) is 1.90. The van der Waals surface area contributed by atoms with Crippen LogP contribution in [0.15, 0.2) is 4.90 Å². The number of halogens is 3. The molecule has 0 amide bonds. The van der Waals surface area contributed by atoms with Crippen molar-refractivity contribution in [3.63, 3.8) is 0 Å². The predicted octanol–water partition coefficient (Wildman–Crippen LogP) is 4.15. The van der Waals surface area contributed by atoms with E-state index in [1.54, 1.807) is 13.2 Å². The van der Waals surface area contributed by atoms with Gasteiger partial charge in [-0.1, -0.05) is 6.92 Å². The van der Waals surface area contributed by atoms with E-state index < -0.39 is 11.7 Å². The van der Waals surface area contributed by atoms with Crippen molar-refractivity contribution in [1.29, 1.82) is 0 Å². The lowest BCUT2D eigenvalue weighted by molar-refractivity contribution is -0.151. The van der Waals surface area contributed by atoms with Crippen LogP contribution in [0.25, 0.3) is 0 Å². The van der Waals surface area contributed by atoms with E-state index in [4.69, 9.17) is 5.73 Å². The van der Waals surface area contributed by atoms with E-state index in [0.717, 1.165) is 11.3 Å². The molecule has 112 valence electrons. The quantitative estimate of drug-likeness (QED) is 0.631. The monoisotopic (exact) mass is 324 g/mol. The largest absolute Gasteiger partial charge is 0.411 e. The van der Waals surface area contributed by atoms with Crippen molar-refractivity contribution >= 4 is 39.6 Å². The highest BCUT2D eigenvalue weighted by atomic mass is 32.2. The Hall–Kier alpha value is -0.890. The van der Waals surface area contributed by atoms with Gasteiger partial charge in [-0.15, -0.1) is 23.1 Å². The molecule has 0 saturated heterocycles. The van der Waals surface area contributed by atoms with Gasteiger partial charge in [0.25, 0.3) is 0 Å². The Balaban J connectivity index is 2.36. The molecule has 1 aromatic rings. The van der Waals surface area contributed by atoms with Crippen molar-refractivity contribution in [1.82, 2.24) is 0 Å². The van der Waals surface area contributed by atoms with Gasteiger partial charge in [-0.05, 0) is 19.1 Å². The van der Waals surface area contributed by atoms with Gasteiger partial charge in [0.05, 0.1) is 15.5 Å². The Morgan fingerprint density at radius 2 is 2.10 bits per heavy atom. The number of ketones is 1. The number of thioether (sulfide) groups is 1. The second-order valence-electron chi connectivity index (χ2n) is 4.69. The summed E-state index contributed by atoms with van der Waals surface area (Å²) in [6, 6.07) is 0. The standard InChI is InChI=1S/C12H15F3N2OS2/c1-3-6(18)8-7(16)9(19-2)10(20-8)17-11(4-5-11)12(13,14)15/h17H,3-5,16H2,1-2H3. The number of carbonyl (C=O) groups is 1. The van der Waals surface area contributed by atoms with Crippen LogP contribution < -0.4 is 11.1 Å². The van der Waals surface area contributed by atoms with Crippen LogP contribution in [0.5, 0.6) is 0 Å². The van der Waals surface area contributed by atoms with Crippen LogP contribution in [0.4, 0.5) is 23.9 Å². The minimum absolute atomic E-state index is 0.0547. The smallest absolute Gasteiger partial charge is 0.396 e. The van der Waals surface area contributed by atoms with Crippen molar-refractivity contribution in [2.24, 2.45) is 0 Å². The first-order chi connectivity index (χ1) is 9.25. The van der Waals surface area contributed by atoms with Crippen molar-refractivity contribution in [3.8, 4) is 0 Å². The average molecular weight is 324 g/mol. The molecule has 0 aliphatic heterocycles. The summed E-state index contributed by atoms with van der Waals surface area (Å²) in [6.07, 6.45) is -2.17. The van der Waals surface area contributed by atoms with E-state index in [9.17, 15) is 18.0 Å². The Morgan fingerprint density at radius 1 is 1.50 bits per heavy atom. The van der Waals surface area contributed by atoms with E-state index in [-0.39, 0.29) is 30.7 Å². The first kappa shape index (κ1) is 15.5. The highest BCUT2D eigenvalue weighted by Gasteiger charge is 2.63. The first-order valence-corrected chi connectivity index (χ1v) is 8.14. The van der Waals surface area contributed by atoms with Crippen LogP contribution in [-0.4, -0.2) is 23.8 Å². The Kier molecular flexibility index (Phi) is 3.98. The third kappa shape index (κ3) is 2.50. The molecule has 2 rings (SSSR count). The van der Waals surface area contributed by atoms with Crippen LogP contribution in [0.1, 0.15) is 35.9 Å². The molecule has 0 bridgehead atoms. The number of nitrogens with two attached hydrogens (primary N) is 1. The van der Waals surface area contributed by atoms with Crippen LogP contribution in [-0.2, 0) is 0 Å². The van der Waals surface area contributed by atoms with Gasteiger partial charge in [0.2, 0.25) is 0 Å². The number of rotatable bonds is 5. The Morgan fingerprint density at radius 3 is 2.50 bits per heavy atom. The molecule has 1 saturated carbocycles. The normalized spacial score (nSPS) is 17.1. The van der Waals surface area contributed by atoms with E-state index >= 15 is 0 Å². The number of nitrogen functional groups attached to an aromatic ring is 1. The number of anilines is 2. The fourth-order valence-corrected chi connectivity index (χ4v) is 4.02. The fraction of sp³-hybridized carbons (Fsp3) is 0.583. The molecule has 8 heteroatoms. The van der Waals surface area contributed by atoms with Crippen molar-refractivity contribution in [2.75, 3.05) is 17.3 Å². The summed E-state index contributed by atoms with van der Waals surface area (Å²) in [5.41, 5.74) is 4.33. The van der Waals surface area contributed by atoms with Gasteiger partial charge in [-0.3, -0.25) is 4.79 Å². The molecule has 1 aliphatic rings. The molecular weight excluding hydrogens is 309 g/mol. The highest BCUT2D eigenvalue weighted by Crippen LogP contribution is 2.54. The van der Waals surface area contributed by atoms with E-state index in [0.29, 0.717) is 14.8 Å². The number of Topliss-reactive ketones (excluding diaryl/α,β-unsaturated/α-hetero) is 1. The zero-order valence-electron chi connectivity index (χ0n) is 11.1. The number of hydrogen-bond donors (Lipinski definition) is 2. The number of alkyl halides is 3. The van der Waals surface area contributed by atoms with Crippen LogP contribution in [0.2, 0.25) is 0 Å². The number of carbonyl (C=O) groups excluding carboxylic acids is 1. The first-order valence-electron chi connectivity index (χ1n) is 6.10. The molecule has 0 radical (unpaired) electrons. The molecule has 1 fully saturated rings. The van der Waals surface area contributed by atoms with Crippen LogP contribution in [0.3, 0.4) is 0 Å². The number of hydrogen-bond acceptors (Lipinski definition) is 5. The maximum Gasteiger partial charge on any atom is 0.411 e. The lowest BCUT2D eigenvalue weighted by atomic mass is 10.2. The van der Waals surface area contributed by atoms with E-state index in [1.165, 1.54) is 11.8 Å². The second-order valence-corrected chi connectivity index (χ2v) is 6.53. The van der Waals surface area contributed by atoms with Crippen LogP contribution >= 0.6 is 23.1 Å². The maximum atomic E-state index is 13.0. The predicted molar refractivity (Wildman–Crippen MR) is 76.8 cm³/mol. The highest BCUT2D eigenvalue weighted by molar-refractivity contribution is 7.99. The van der Waals surface area contributed by atoms with Gasteiger partial charge in [0, 0.05) is 6.42 Å². The molecule has 0 unspecified atom stereocenters. The van der Waals surface area contributed by atoms with Gasteiger partial charge in [-0.25, -0.2) is 0 Å². The average Bonchev–Trinajstić information content (AvgIpc) is 3.09. The summed E-state index contributed by atoms with van der Waals surface area (Å²) < 4.78 is 39.0. The van der Waals surface area contributed by atoms with Gasteiger partial charge in [0.15, 0.2) is 5.78 Å². The summed E-state index contributed by atoms with van der Waals surface area (Å²) in [5, 5.41) is 2.92. The van der Waals surface area contributed by atoms with Gasteiger partial charge in [-0.2, -0.15) is 13.2 Å². The third-order valence-corrected chi connectivity index (χ3v) is 5.45. The minimum atomic E-state index is -4.30. The van der Waals surface area contributed by atoms with Gasteiger partial charge >= 0.3 is 6.18 Å².